The molecule has 2 rings (SSSR count). The number of carbonyl (C=O) groups excluding carboxylic acids is 3. The molecule has 0 aliphatic carbocycles. The predicted octanol–water partition coefficient (Wildman–Crippen LogP) is -0.0689. The van der Waals surface area contributed by atoms with Gasteiger partial charge < -0.3 is 26.0 Å². The van der Waals surface area contributed by atoms with Crippen LogP contribution >= 0.6 is 0 Å². The first-order valence-corrected chi connectivity index (χ1v) is 10.1. The molecule has 4 N–H and O–H groups in total. The molecule has 0 radical (unpaired) electrons. The quantitative estimate of drug-likeness (QED) is 0.552. The van der Waals surface area contributed by atoms with E-state index in [9.17, 15) is 24.3 Å². The molecule has 0 aromatic heterocycles. The molecular weight excluding hydrogens is 364 g/mol. The Labute approximate surface area is 165 Å². The van der Waals surface area contributed by atoms with Crippen LogP contribution < -0.4 is 11.1 Å². The van der Waals surface area contributed by atoms with Gasteiger partial charge in [-0.05, 0) is 38.5 Å². The van der Waals surface area contributed by atoms with Crippen molar-refractivity contribution in [2.24, 2.45) is 11.7 Å². The van der Waals surface area contributed by atoms with Crippen molar-refractivity contribution in [2.45, 2.75) is 77.0 Å². The van der Waals surface area contributed by atoms with E-state index in [0.29, 0.717) is 45.2 Å². The molecule has 9 heteroatoms. The van der Waals surface area contributed by atoms with Crippen LogP contribution in [-0.2, 0) is 19.2 Å². The second-order valence-electron chi connectivity index (χ2n) is 7.88. The average molecular weight is 396 g/mol. The third-order valence-corrected chi connectivity index (χ3v) is 5.83. The Balaban J connectivity index is 2.15. The molecule has 9 nitrogen and oxygen atoms in total. The van der Waals surface area contributed by atoms with Crippen molar-refractivity contribution in [1.82, 2.24) is 15.1 Å². The first-order chi connectivity index (χ1) is 13.2. The number of rotatable bonds is 7. The highest BCUT2D eigenvalue weighted by Gasteiger charge is 2.41. The Kier molecular flexibility index (Phi) is 7.40. The molecule has 2 saturated heterocycles. The zero-order valence-corrected chi connectivity index (χ0v) is 16.9. The van der Waals surface area contributed by atoms with E-state index in [2.05, 4.69) is 5.32 Å². The van der Waals surface area contributed by atoms with Gasteiger partial charge in [-0.3, -0.25) is 14.4 Å². The molecule has 2 fully saturated rings. The van der Waals surface area contributed by atoms with E-state index in [4.69, 9.17) is 5.73 Å². The minimum atomic E-state index is -1.02. The molecular formula is C19H32N4O5. The number of aliphatic carboxylic acids is 1. The van der Waals surface area contributed by atoms with Crippen molar-refractivity contribution >= 4 is 23.7 Å². The maximum atomic E-state index is 13.1. The minimum Gasteiger partial charge on any atom is -0.480 e. The van der Waals surface area contributed by atoms with E-state index < -0.39 is 30.1 Å². The Hall–Kier alpha value is -2.16. The van der Waals surface area contributed by atoms with E-state index >= 15 is 0 Å². The van der Waals surface area contributed by atoms with E-state index in [1.807, 2.05) is 13.8 Å². The van der Waals surface area contributed by atoms with Crippen LogP contribution in [0.5, 0.6) is 0 Å². The van der Waals surface area contributed by atoms with Gasteiger partial charge in [0.2, 0.25) is 17.7 Å². The first kappa shape index (κ1) is 22.1. The molecule has 28 heavy (non-hydrogen) atoms. The van der Waals surface area contributed by atoms with Crippen molar-refractivity contribution in [1.29, 1.82) is 0 Å². The third-order valence-electron chi connectivity index (χ3n) is 5.83. The fraction of sp³-hybridized carbons (Fsp3) is 0.789. The Morgan fingerprint density at radius 3 is 2.07 bits per heavy atom. The van der Waals surface area contributed by atoms with Crippen LogP contribution in [0.4, 0.5) is 0 Å². The minimum absolute atomic E-state index is 0.162. The van der Waals surface area contributed by atoms with Crippen molar-refractivity contribution in [3.8, 4) is 0 Å². The number of nitrogens with zero attached hydrogens (tertiary/aromatic N) is 2. The first-order valence-electron chi connectivity index (χ1n) is 10.1. The molecule has 2 aliphatic rings. The second-order valence-corrected chi connectivity index (χ2v) is 7.88. The molecule has 3 amide bonds. The number of hydrogen-bond donors (Lipinski definition) is 3. The molecule has 0 bridgehead atoms. The topological polar surface area (TPSA) is 133 Å². The highest BCUT2D eigenvalue weighted by Crippen LogP contribution is 2.23. The van der Waals surface area contributed by atoms with Crippen LogP contribution in [0.25, 0.3) is 0 Å². The van der Waals surface area contributed by atoms with Gasteiger partial charge in [0.1, 0.15) is 18.1 Å². The molecule has 2 aliphatic heterocycles. The second kappa shape index (κ2) is 9.36. The predicted molar refractivity (Wildman–Crippen MR) is 102 cm³/mol. The number of carboxylic acids is 1. The van der Waals surface area contributed by atoms with Crippen molar-refractivity contribution in [3.05, 3.63) is 0 Å². The number of nitrogens with two attached hydrogens (primary N) is 1. The summed E-state index contributed by atoms with van der Waals surface area (Å²) in [4.78, 5) is 52.6. The lowest BCUT2D eigenvalue weighted by Gasteiger charge is -2.32. The summed E-state index contributed by atoms with van der Waals surface area (Å²) in [5.41, 5.74) is 5.68. The number of nitrogens with one attached hydrogen (secondary N) is 1. The number of amides is 3. The van der Waals surface area contributed by atoms with Gasteiger partial charge in [-0.25, -0.2) is 4.79 Å². The molecule has 5 unspecified atom stereocenters. The van der Waals surface area contributed by atoms with Gasteiger partial charge in [0, 0.05) is 13.1 Å². The van der Waals surface area contributed by atoms with E-state index in [1.165, 1.54) is 9.80 Å². The number of carbonyl (C=O) groups is 4. The van der Waals surface area contributed by atoms with Gasteiger partial charge in [0.05, 0.1) is 6.04 Å². The Morgan fingerprint density at radius 2 is 1.57 bits per heavy atom. The van der Waals surface area contributed by atoms with Crippen molar-refractivity contribution < 1.29 is 24.3 Å². The molecule has 5 atom stereocenters. The standard InChI is InChI=1S/C19H32N4O5/c1-4-11(2)15(18(26)23-10-6-8-14(23)19(27)28)21-16(24)13-7-5-9-22(13)17(25)12(3)20/h11-15H,4-10,20H2,1-3H3,(H,21,24)(H,27,28). The van der Waals surface area contributed by atoms with Gasteiger partial charge in [-0.1, -0.05) is 20.3 Å². The third kappa shape index (κ3) is 4.63. The van der Waals surface area contributed by atoms with Crippen LogP contribution in [0, 0.1) is 5.92 Å². The van der Waals surface area contributed by atoms with Crippen molar-refractivity contribution in [2.75, 3.05) is 13.1 Å². The lowest BCUT2D eigenvalue weighted by molar-refractivity contribution is -0.150. The highest BCUT2D eigenvalue weighted by molar-refractivity contribution is 5.94. The van der Waals surface area contributed by atoms with Gasteiger partial charge in [0.15, 0.2) is 0 Å². The SMILES string of the molecule is CCC(C)C(NC(=O)C1CCCN1C(=O)C(C)N)C(=O)N1CCCC1C(=O)O. The van der Waals surface area contributed by atoms with Gasteiger partial charge >= 0.3 is 5.97 Å². The van der Waals surface area contributed by atoms with Crippen LogP contribution in [0.3, 0.4) is 0 Å². The van der Waals surface area contributed by atoms with Crippen LogP contribution in [-0.4, -0.2) is 75.9 Å². The lowest BCUT2D eigenvalue weighted by Crippen LogP contribution is -2.58. The monoisotopic (exact) mass is 396 g/mol. The Morgan fingerprint density at radius 1 is 1.04 bits per heavy atom. The maximum absolute atomic E-state index is 13.1. The normalized spacial score (nSPS) is 25.3. The van der Waals surface area contributed by atoms with Gasteiger partial charge in [0.25, 0.3) is 0 Å². The van der Waals surface area contributed by atoms with E-state index in [1.54, 1.807) is 6.92 Å². The summed E-state index contributed by atoms with van der Waals surface area (Å²) < 4.78 is 0. The molecule has 0 spiro atoms. The van der Waals surface area contributed by atoms with Crippen LogP contribution in [0.1, 0.15) is 52.9 Å². The summed E-state index contributed by atoms with van der Waals surface area (Å²) in [5, 5.41) is 12.2. The summed E-state index contributed by atoms with van der Waals surface area (Å²) in [6.07, 6.45) is 2.92. The summed E-state index contributed by atoms with van der Waals surface area (Å²) >= 11 is 0. The summed E-state index contributed by atoms with van der Waals surface area (Å²) in [6.45, 7) is 6.19. The molecule has 0 saturated carbocycles. The number of carboxylic acid groups (broad SMARTS) is 1. The molecule has 2 heterocycles. The molecule has 0 aromatic carbocycles. The lowest BCUT2D eigenvalue weighted by atomic mass is 9.96. The number of hydrogen-bond acceptors (Lipinski definition) is 5. The largest absolute Gasteiger partial charge is 0.480 e. The highest BCUT2D eigenvalue weighted by atomic mass is 16.4. The van der Waals surface area contributed by atoms with E-state index in [-0.39, 0.29) is 23.6 Å². The van der Waals surface area contributed by atoms with Crippen LogP contribution in [0.2, 0.25) is 0 Å². The summed E-state index contributed by atoms with van der Waals surface area (Å²) in [5.74, 6) is -2.21. The van der Waals surface area contributed by atoms with Gasteiger partial charge in [-0.15, -0.1) is 0 Å². The fourth-order valence-corrected chi connectivity index (χ4v) is 3.96. The summed E-state index contributed by atoms with van der Waals surface area (Å²) in [7, 11) is 0. The Bertz CT molecular complexity index is 623. The number of likely N-dealkylation sites (tertiary alicyclic amines) is 2. The summed E-state index contributed by atoms with van der Waals surface area (Å²) in [6, 6.07) is -3.00. The zero-order chi connectivity index (χ0) is 21.0. The van der Waals surface area contributed by atoms with Crippen molar-refractivity contribution in [3.63, 3.8) is 0 Å². The van der Waals surface area contributed by atoms with Crippen LogP contribution in [0.15, 0.2) is 0 Å². The molecule has 0 aromatic rings. The smallest absolute Gasteiger partial charge is 0.326 e. The fourth-order valence-electron chi connectivity index (χ4n) is 3.96. The molecule has 158 valence electrons. The average Bonchev–Trinajstić information content (AvgIpc) is 3.33. The zero-order valence-electron chi connectivity index (χ0n) is 16.9. The maximum Gasteiger partial charge on any atom is 0.326 e. The van der Waals surface area contributed by atoms with E-state index in [0.717, 1.165) is 0 Å². The van der Waals surface area contributed by atoms with Gasteiger partial charge in [-0.2, -0.15) is 0 Å².